The van der Waals surface area contributed by atoms with Crippen LogP contribution in [0.2, 0.25) is 0 Å². The van der Waals surface area contributed by atoms with Crippen LogP contribution in [0.3, 0.4) is 0 Å². The Morgan fingerprint density at radius 1 is 1.15 bits per heavy atom. The molecule has 1 amide bonds. The van der Waals surface area contributed by atoms with Gasteiger partial charge >= 0.3 is 0 Å². The van der Waals surface area contributed by atoms with E-state index in [1.54, 1.807) is 7.05 Å². The quantitative estimate of drug-likeness (QED) is 0.579. The van der Waals surface area contributed by atoms with E-state index in [-0.39, 0.29) is 18.3 Å². The largest absolute Gasteiger partial charge is 0.494 e. The fraction of sp³-hybridized carbons (Fsp3) is 0.300. The van der Waals surface area contributed by atoms with E-state index >= 15 is 0 Å². The molecular formula is C20H25FN4O2. The minimum absolute atomic E-state index is 0.0532. The van der Waals surface area contributed by atoms with Gasteiger partial charge in [0.1, 0.15) is 11.6 Å². The highest BCUT2D eigenvalue weighted by atomic mass is 19.1. The molecule has 0 aliphatic carbocycles. The van der Waals surface area contributed by atoms with Crippen molar-refractivity contribution in [3.63, 3.8) is 0 Å². The van der Waals surface area contributed by atoms with Crippen LogP contribution >= 0.6 is 0 Å². The number of halogens is 1. The minimum atomic E-state index is -0.345. The summed E-state index contributed by atoms with van der Waals surface area (Å²) in [6, 6.07) is 13.5. The van der Waals surface area contributed by atoms with Crippen molar-refractivity contribution in [2.75, 3.05) is 32.6 Å². The third kappa shape index (κ3) is 6.62. The van der Waals surface area contributed by atoms with Crippen molar-refractivity contribution < 1.29 is 13.9 Å². The number of hydrogen-bond donors (Lipinski definition) is 2. The van der Waals surface area contributed by atoms with E-state index in [0.717, 1.165) is 11.3 Å². The van der Waals surface area contributed by atoms with Gasteiger partial charge in [-0.2, -0.15) is 0 Å². The first-order valence-electron chi connectivity index (χ1n) is 8.70. The van der Waals surface area contributed by atoms with Gasteiger partial charge in [-0.15, -0.1) is 0 Å². The second kappa shape index (κ2) is 10.2. The SMILES string of the molecule is CCOc1ccc(CN(C)C(=NC)NCC(=O)Nc2ccc(F)cc2)cc1. The number of hydrogen-bond acceptors (Lipinski definition) is 3. The molecule has 2 N–H and O–H groups in total. The Hall–Kier alpha value is -3.09. The summed E-state index contributed by atoms with van der Waals surface area (Å²) < 4.78 is 18.3. The summed E-state index contributed by atoms with van der Waals surface area (Å²) in [6.45, 7) is 3.27. The van der Waals surface area contributed by atoms with Gasteiger partial charge in [-0.05, 0) is 48.9 Å². The summed E-state index contributed by atoms with van der Waals surface area (Å²) in [7, 11) is 3.55. The summed E-state index contributed by atoms with van der Waals surface area (Å²) >= 11 is 0. The first-order chi connectivity index (χ1) is 13.0. The Bertz CT molecular complexity index is 761. The Morgan fingerprint density at radius 3 is 2.41 bits per heavy atom. The lowest BCUT2D eigenvalue weighted by Crippen LogP contribution is -2.42. The molecule has 0 heterocycles. The van der Waals surface area contributed by atoms with Gasteiger partial charge in [0.05, 0.1) is 13.2 Å². The van der Waals surface area contributed by atoms with Crippen molar-refractivity contribution in [1.82, 2.24) is 10.2 Å². The average Bonchev–Trinajstić information content (AvgIpc) is 2.66. The van der Waals surface area contributed by atoms with Crippen LogP contribution in [0.4, 0.5) is 10.1 Å². The third-order valence-corrected chi connectivity index (χ3v) is 3.76. The zero-order valence-electron chi connectivity index (χ0n) is 15.8. The number of nitrogens with one attached hydrogen (secondary N) is 2. The number of guanidine groups is 1. The fourth-order valence-electron chi connectivity index (χ4n) is 2.49. The van der Waals surface area contributed by atoms with Crippen LogP contribution in [0.5, 0.6) is 5.75 Å². The molecule has 0 unspecified atom stereocenters. The number of carbonyl (C=O) groups is 1. The maximum Gasteiger partial charge on any atom is 0.243 e. The maximum absolute atomic E-state index is 12.9. The molecule has 144 valence electrons. The van der Waals surface area contributed by atoms with E-state index < -0.39 is 0 Å². The molecule has 0 aliphatic rings. The molecule has 0 atom stereocenters. The molecule has 2 aromatic rings. The minimum Gasteiger partial charge on any atom is -0.494 e. The van der Waals surface area contributed by atoms with Crippen LogP contribution in [0, 0.1) is 5.82 Å². The van der Waals surface area contributed by atoms with Crippen LogP contribution in [0.1, 0.15) is 12.5 Å². The molecule has 2 rings (SSSR count). The molecule has 0 spiro atoms. The lowest BCUT2D eigenvalue weighted by Gasteiger charge is -2.22. The monoisotopic (exact) mass is 372 g/mol. The molecule has 0 saturated carbocycles. The average molecular weight is 372 g/mol. The van der Waals surface area contributed by atoms with Gasteiger partial charge in [-0.25, -0.2) is 4.39 Å². The smallest absolute Gasteiger partial charge is 0.243 e. The summed E-state index contributed by atoms with van der Waals surface area (Å²) in [4.78, 5) is 18.2. The van der Waals surface area contributed by atoms with E-state index in [0.29, 0.717) is 24.8 Å². The Balaban J connectivity index is 1.84. The predicted molar refractivity (Wildman–Crippen MR) is 105 cm³/mol. The number of aliphatic imine (C=N–C) groups is 1. The Morgan fingerprint density at radius 2 is 1.81 bits per heavy atom. The summed E-state index contributed by atoms with van der Waals surface area (Å²) in [5.41, 5.74) is 1.64. The first-order valence-corrected chi connectivity index (χ1v) is 8.70. The lowest BCUT2D eigenvalue weighted by molar-refractivity contribution is -0.115. The topological polar surface area (TPSA) is 66.0 Å². The van der Waals surface area contributed by atoms with Gasteiger partial charge in [0.2, 0.25) is 5.91 Å². The second-order valence-corrected chi connectivity index (χ2v) is 5.89. The maximum atomic E-state index is 12.9. The number of ether oxygens (including phenoxy) is 1. The van der Waals surface area contributed by atoms with Crippen LogP contribution in [-0.2, 0) is 11.3 Å². The molecule has 7 heteroatoms. The standard InChI is InChI=1S/C20H25FN4O2/c1-4-27-18-11-5-15(6-12-18)14-25(3)20(22-2)23-13-19(26)24-17-9-7-16(21)8-10-17/h5-12H,4,13-14H2,1-3H3,(H,22,23)(H,24,26). The number of anilines is 1. The van der Waals surface area contributed by atoms with Crippen molar-refractivity contribution in [1.29, 1.82) is 0 Å². The Kier molecular flexibility index (Phi) is 7.61. The number of carbonyl (C=O) groups excluding carboxylic acids is 1. The van der Waals surface area contributed by atoms with E-state index in [4.69, 9.17) is 4.74 Å². The predicted octanol–water partition coefficient (Wildman–Crippen LogP) is 2.87. The van der Waals surface area contributed by atoms with Crippen molar-refractivity contribution in [2.24, 2.45) is 4.99 Å². The van der Waals surface area contributed by atoms with Gasteiger partial charge in [0.15, 0.2) is 5.96 Å². The van der Waals surface area contributed by atoms with Crippen molar-refractivity contribution in [3.05, 3.63) is 59.9 Å². The lowest BCUT2D eigenvalue weighted by atomic mass is 10.2. The van der Waals surface area contributed by atoms with E-state index in [1.165, 1.54) is 24.3 Å². The first kappa shape index (κ1) is 20.2. The van der Waals surface area contributed by atoms with Crippen LogP contribution in [-0.4, -0.2) is 44.0 Å². The van der Waals surface area contributed by atoms with Gasteiger partial charge in [0.25, 0.3) is 0 Å². The normalized spacial score (nSPS) is 11.0. The van der Waals surface area contributed by atoms with Crippen molar-refractivity contribution in [2.45, 2.75) is 13.5 Å². The molecule has 0 saturated heterocycles. The van der Waals surface area contributed by atoms with E-state index in [2.05, 4.69) is 15.6 Å². The molecular weight excluding hydrogens is 347 g/mol. The summed E-state index contributed by atoms with van der Waals surface area (Å²) in [6.07, 6.45) is 0. The third-order valence-electron chi connectivity index (χ3n) is 3.76. The number of benzene rings is 2. The second-order valence-electron chi connectivity index (χ2n) is 5.89. The van der Waals surface area contributed by atoms with E-state index in [9.17, 15) is 9.18 Å². The zero-order chi connectivity index (χ0) is 19.6. The Labute approximate surface area is 159 Å². The van der Waals surface area contributed by atoms with Crippen LogP contribution in [0.25, 0.3) is 0 Å². The molecule has 0 fully saturated rings. The molecule has 0 radical (unpaired) electrons. The number of rotatable bonds is 7. The molecule has 0 aromatic heterocycles. The number of amides is 1. The molecule has 0 bridgehead atoms. The molecule has 6 nitrogen and oxygen atoms in total. The van der Waals surface area contributed by atoms with Gasteiger partial charge in [-0.3, -0.25) is 9.79 Å². The van der Waals surface area contributed by atoms with E-state index in [1.807, 2.05) is 43.1 Å². The van der Waals surface area contributed by atoms with Crippen LogP contribution < -0.4 is 15.4 Å². The van der Waals surface area contributed by atoms with Gasteiger partial charge in [-0.1, -0.05) is 12.1 Å². The molecule has 2 aromatic carbocycles. The number of nitrogens with zero attached hydrogens (tertiary/aromatic N) is 2. The zero-order valence-corrected chi connectivity index (χ0v) is 15.8. The fourth-order valence-corrected chi connectivity index (χ4v) is 2.49. The van der Waals surface area contributed by atoms with Crippen molar-refractivity contribution >= 4 is 17.6 Å². The summed E-state index contributed by atoms with van der Waals surface area (Å²) in [5, 5.41) is 5.72. The molecule has 27 heavy (non-hydrogen) atoms. The summed E-state index contributed by atoms with van der Waals surface area (Å²) in [5.74, 6) is 0.849. The van der Waals surface area contributed by atoms with Gasteiger partial charge < -0.3 is 20.3 Å². The highest BCUT2D eigenvalue weighted by Gasteiger charge is 2.09. The highest BCUT2D eigenvalue weighted by molar-refractivity contribution is 5.94. The molecule has 0 aliphatic heterocycles. The highest BCUT2D eigenvalue weighted by Crippen LogP contribution is 2.13. The van der Waals surface area contributed by atoms with Crippen molar-refractivity contribution in [3.8, 4) is 5.75 Å². The van der Waals surface area contributed by atoms with Gasteiger partial charge in [0, 0.05) is 26.3 Å². The van der Waals surface area contributed by atoms with Crippen LogP contribution in [0.15, 0.2) is 53.5 Å².